The maximum absolute atomic E-state index is 13.8. The van der Waals surface area contributed by atoms with Crippen molar-refractivity contribution in [3.8, 4) is 18.1 Å². The lowest BCUT2D eigenvalue weighted by Crippen LogP contribution is -2.46. The molecule has 11 heteroatoms. The van der Waals surface area contributed by atoms with Crippen LogP contribution in [-0.4, -0.2) is 59.6 Å². The average Bonchev–Trinajstić information content (AvgIpc) is 3.46. The fourth-order valence-corrected chi connectivity index (χ4v) is 4.45. The molecule has 1 unspecified atom stereocenters. The van der Waals surface area contributed by atoms with Crippen LogP contribution in [0.4, 0.5) is 21.7 Å². The quantitative estimate of drug-likeness (QED) is 0.452. The largest absolute Gasteiger partial charge is 0.491 e. The zero-order valence-electron chi connectivity index (χ0n) is 20.3. The number of rotatable bonds is 7. The topological polar surface area (TPSA) is 91.8 Å². The maximum atomic E-state index is 13.8. The van der Waals surface area contributed by atoms with E-state index in [1.165, 1.54) is 21.1 Å². The number of amides is 2. The van der Waals surface area contributed by atoms with Gasteiger partial charge in [-0.3, -0.25) is 19.4 Å². The molecule has 186 valence electrons. The molecule has 2 amide bonds. The van der Waals surface area contributed by atoms with Gasteiger partial charge in [0.2, 0.25) is 5.95 Å². The SMILES string of the molecule is C#Cc1nc(C(=O)N(c2cc(OC(C)C)cc(N(C)C)c2)C2CCN(c3ncc(F)cn3)C2=O)cs1. The first-order chi connectivity index (χ1) is 17.2. The minimum atomic E-state index is -0.869. The molecule has 4 rings (SSSR count). The van der Waals surface area contributed by atoms with Crippen LogP contribution in [0.2, 0.25) is 0 Å². The molecular weight excluding hydrogens is 483 g/mol. The number of carbonyl (C=O) groups excluding carboxylic acids is 2. The van der Waals surface area contributed by atoms with E-state index in [9.17, 15) is 14.0 Å². The Morgan fingerprint density at radius 1 is 1.25 bits per heavy atom. The van der Waals surface area contributed by atoms with Crippen molar-refractivity contribution in [1.29, 1.82) is 0 Å². The third-order valence-corrected chi connectivity index (χ3v) is 6.22. The summed E-state index contributed by atoms with van der Waals surface area (Å²) in [5, 5.41) is 1.94. The predicted octanol–water partition coefficient (Wildman–Crippen LogP) is 3.36. The van der Waals surface area contributed by atoms with Gasteiger partial charge < -0.3 is 9.64 Å². The van der Waals surface area contributed by atoms with Gasteiger partial charge in [0, 0.05) is 43.8 Å². The number of anilines is 3. The van der Waals surface area contributed by atoms with Crippen molar-refractivity contribution in [1.82, 2.24) is 15.0 Å². The van der Waals surface area contributed by atoms with E-state index >= 15 is 0 Å². The minimum Gasteiger partial charge on any atom is -0.491 e. The number of benzene rings is 1. The van der Waals surface area contributed by atoms with Gasteiger partial charge >= 0.3 is 0 Å². The Bertz CT molecular complexity index is 1320. The molecule has 36 heavy (non-hydrogen) atoms. The summed E-state index contributed by atoms with van der Waals surface area (Å²) in [5.74, 6) is 1.60. The molecule has 1 saturated heterocycles. The van der Waals surface area contributed by atoms with Gasteiger partial charge in [0.25, 0.3) is 11.8 Å². The number of carbonyl (C=O) groups is 2. The summed E-state index contributed by atoms with van der Waals surface area (Å²) in [4.78, 5) is 44.1. The van der Waals surface area contributed by atoms with Crippen LogP contribution < -0.4 is 19.4 Å². The van der Waals surface area contributed by atoms with Crippen LogP contribution in [0.15, 0.2) is 36.0 Å². The van der Waals surface area contributed by atoms with E-state index in [-0.39, 0.29) is 30.2 Å². The molecule has 1 atom stereocenters. The minimum absolute atomic E-state index is 0.0745. The number of hydrogen-bond acceptors (Lipinski definition) is 8. The lowest BCUT2D eigenvalue weighted by Gasteiger charge is -2.29. The van der Waals surface area contributed by atoms with Crippen molar-refractivity contribution in [2.75, 3.05) is 35.3 Å². The molecule has 1 aliphatic heterocycles. The highest BCUT2D eigenvalue weighted by atomic mass is 32.1. The fraction of sp³-hybridized carbons (Fsp3) is 0.320. The molecule has 0 radical (unpaired) electrons. The zero-order valence-corrected chi connectivity index (χ0v) is 21.1. The number of hydrogen-bond donors (Lipinski definition) is 0. The summed E-state index contributed by atoms with van der Waals surface area (Å²) in [6.45, 7) is 4.07. The number of thiazole rings is 1. The van der Waals surface area contributed by atoms with E-state index in [0.29, 0.717) is 22.9 Å². The Balaban J connectivity index is 1.79. The van der Waals surface area contributed by atoms with Crippen molar-refractivity contribution in [2.45, 2.75) is 32.4 Å². The predicted molar refractivity (Wildman–Crippen MR) is 136 cm³/mol. The van der Waals surface area contributed by atoms with E-state index in [1.54, 1.807) is 11.4 Å². The molecule has 9 nitrogen and oxygen atoms in total. The van der Waals surface area contributed by atoms with Crippen LogP contribution in [0.5, 0.6) is 5.75 Å². The second-order valence-corrected chi connectivity index (χ2v) is 9.46. The number of nitrogens with zero attached hydrogens (tertiary/aromatic N) is 6. The Kier molecular flexibility index (Phi) is 7.17. The first kappa shape index (κ1) is 25.1. The Morgan fingerprint density at radius 2 is 1.94 bits per heavy atom. The van der Waals surface area contributed by atoms with Gasteiger partial charge in [0.05, 0.1) is 24.2 Å². The van der Waals surface area contributed by atoms with Gasteiger partial charge in [-0.15, -0.1) is 17.8 Å². The van der Waals surface area contributed by atoms with E-state index in [2.05, 4.69) is 20.9 Å². The molecule has 3 heterocycles. The summed E-state index contributed by atoms with van der Waals surface area (Å²) in [6.07, 6.45) is 7.66. The summed E-state index contributed by atoms with van der Waals surface area (Å²) in [6, 6.07) is 4.53. The Morgan fingerprint density at radius 3 is 2.56 bits per heavy atom. The molecule has 1 fully saturated rings. The van der Waals surface area contributed by atoms with Crippen LogP contribution in [0.25, 0.3) is 0 Å². The Hall–Kier alpha value is -4.04. The van der Waals surface area contributed by atoms with Gasteiger partial charge in [0.1, 0.15) is 17.5 Å². The first-order valence-corrected chi connectivity index (χ1v) is 12.1. The van der Waals surface area contributed by atoms with Crippen molar-refractivity contribution in [3.63, 3.8) is 0 Å². The second kappa shape index (κ2) is 10.3. The van der Waals surface area contributed by atoms with Crippen molar-refractivity contribution < 1.29 is 18.7 Å². The number of halogens is 1. The number of terminal acetylenes is 1. The normalized spacial score (nSPS) is 15.2. The standard InChI is InChI=1S/C25H25FN6O3S/c1-6-22-29-20(14-36-22)23(33)32(18-9-17(30(4)5)10-19(11-18)35-15(2)3)21-7-8-31(24(21)34)25-27-12-16(26)13-28-25/h1,9-15,21H,7-8H2,2-5H3. The van der Waals surface area contributed by atoms with Gasteiger partial charge in [-0.25, -0.2) is 19.3 Å². The highest BCUT2D eigenvalue weighted by Crippen LogP contribution is 2.34. The summed E-state index contributed by atoms with van der Waals surface area (Å²) in [7, 11) is 3.75. The van der Waals surface area contributed by atoms with Crippen molar-refractivity contribution in [2.24, 2.45) is 0 Å². The van der Waals surface area contributed by atoms with Gasteiger partial charge in [-0.05, 0) is 32.3 Å². The third kappa shape index (κ3) is 5.13. The van der Waals surface area contributed by atoms with E-state index in [1.807, 2.05) is 45.0 Å². The molecule has 0 N–H and O–H groups in total. The van der Waals surface area contributed by atoms with E-state index < -0.39 is 17.8 Å². The van der Waals surface area contributed by atoms with Gasteiger partial charge in [-0.1, -0.05) is 0 Å². The molecule has 0 spiro atoms. The van der Waals surface area contributed by atoms with E-state index in [4.69, 9.17) is 11.2 Å². The second-order valence-electron chi connectivity index (χ2n) is 8.60. The van der Waals surface area contributed by atoms with Crippen molar-refractivity contribution >= 4 is 40.5 Å². The monoisotopic (exact) mass is 508 g/mol. The fourth-order valence-electron chi connectivity index (χ4n) is 3.85. The van der Waals surface area contributed by atoms with Crippen LogP contribution in [0.1, 0.15) is 35.8 Å². The van der Waals surface area contributed by atoms with Crippen LogP contribution in [-0.2, 0) is 4.79 Å². The first-order valence-electron chi connectivity index (χ1n) is 11.2. The highest BCUT2D eigenvalue weighted by Gasteiger charge is 2.41. The number of ether oxygens (including phenoxy) is 1. The lowest BCUT2D eigenvalue weighted by atomic mass is 10.1. The molecule has 0 aliphatic carbocycles. The molecule has 1 aliphatic rings. The molecule has 0 bridgehead atoms. The summed E-state index contributed by atoms with van der Waals surface area (Å²) >= 11 is 1.17. The van der Waals surface area contributed by atoms with E-state index in [0.717, 1.165) is 18.1 Å². The molecule has 1 aromatic carbocycles. The maximum Gasteiger partial charge on any atom is 0.278 e. The van der Waals surface area contributed by atoms with Crippen LogP contribution in [0, 0.1) is 18.2 Å². The highest BCUT2D eigenvalue weighted by molar-refractivity contribution is 7.10. The van der Waals surface area contributed by atoms with Gasteiger partial charge in [-0.2, -0.15) is 0 Å². The van der Waals surface area contributed by atoms with Crippen molar-refractivity contribution in [3.05, 3.63) is 52.5 Å². The molecule has 0 saturated carbocycles. The Labute approximate surface area is 212 Å². The smallest absolute Gasteiger partial charge is 0.278 e. The summed E-state index contributed by atoms with van der Waals surface area (Å²) < 4.78 is 19.3. The van der Waals surface area contributed by atoms with Crippen LogP contribution in [0.3, 0.4) is 0 Å². The molecule has 3 aromatic rings. The molecule has 2 aromatic heterocycles. The molecular formula is C25H25FN6O3S. The third-order valence-electron chi connectivity index (χ3n) is 5.45. The lowest BCUT2D eigenvalue weighted by molar-refractivity contribution is -0.118. The number of aromatic nitrogens is 3. The van der Waals surface area contributed by atoms with Crippen LogP contribution >= 0.6 is 11.3 Å². The summed E-state index contributed by atoms with van der Waals surface area (Å²) in [5.41, 5.74) is 1.39. The zero-order chi connectivity index (χ0) is 26.0. The van der Waals surface area contributed by atoms with Gasteiger partial charge in [0.15, 0.2) is 10.8 Å². The average molecular weight is 509 g/mol.